The summed E-state index contributed by atoms with van der Waals surface area (Å²) in [7, 11) is -3.81. The van der Waals surface area contributed by atoms with Crippen LogP contribution in [0.2, 0.25) is 0 Å². The number of nitrogens with two attached hydrogens (primary N) is 1. The van der Waals surface area contributed by atoms with E-state index < -0.39 is 15.8 Å². The lowest BCUT2D eigenvalue weighted by Gasteiger charge is -2.10. The smallest absolute Gasteiger partial charge is 0.262 e. The molecule has 0 atom stereocenters. The number of aryl methyl sites for hydroxylation is 1. The van der Waals surface area contributed by atoms with Crippen molar-refractivity contribution in [3.63, 3.8) is 0 Å². The molecular formula is C12H12FN3O2S. The molecule has 0 saturated carbocycles. The number of rotatable bonds is 3. The second kappa shape index (κ2) is 4.85. The molecule has 0 aliphatic carbocycles. The van der Waals surface area contributed by atoms with Gasteiger partial charge in [0, 0.05) is 6.20 Å². The molecule has 3 N–H and O–H groups in total. The van der Waals surface area contributed by atoms with E-state index in [1.54, 1.807) is 19.2 Å². The van der Waals surface area contributed by atoms with Crippen molar-refractivity contribution in [3.8, 4) is 0 Å². The Morgan fingerprint density at radius 1 is 1.32 bits per heavy atom. The number of anilines is 2. The number of halogens is 1. The molecule has 19 heavy (non-hydrogen) atoms. The number of aromatic nitrogens is 1. The molecule has 0 aliphatic heterocycles. The Kier molecular flexibility index (Phi) is 3.39. The van der Waals surface area contributed by atoms with Crippen molar-refractivity contribution in [3.05, 3.63) is 48.0 Å². The molecule has 1 aromatic heterocycles. The van der Waals surface area contributed by atoms with E-state index in [2.05, 4.69) is 9.71 Å². The predicted molar refractivity (Wildman–Crippen MR) is 70.6 cm³/mol. The Bertz CT molecular complexity index is 717. The SMILES string of the molecule is Cc1ccncc1NS(=O)(=O)c1ccc(F)c(N)c1. The predicted octanol–water partition coefficient (Wildman–Crippen LogP) is 1.91. The highest BCUT2D eigenvalue weighted by Gasteiger charge is 2.16. The molecule has 0 saturated heterocycles. The Balaban J connectivity index is 2.38. The molecule has 0 fully saturated rings. The summed E-state index contributed by atoms with van der Waals surface area (Å²) < 4.78 is 39.6. The first-order valence-corrected chi connectivity index (χ1v) is 6.87. The van der Waals surface area contributed by atoms with Gasteiger partial charge in [-0.2, -0.15) is 0 Å². The number of sulfonamides is 1. The van der Waals surface area contributed by atoms with E-state index in [4.69, 9.17) is 5.73 Å². The number of nitrogen functional groups attached to an aromatic ring is 1. The first kappa shape index (κ1) is 13.3. The lowest BCUT2D eigenvalue weighted by Crippen LogP contribution is -2.14. The fourth-order valence-corrected chi connectivity index (χ4v) is 2.61. The zero-order chi connectivity index (χ0) is 14.0. The number of benzene rings is 1. The topological polar surface area (TPSA) is 85.1 Å². The summed E-state index contributed by atoms with van der Waals surface area (Å²) in [6, 6.07) is 4.92. The molecule has 7 heteroatoms. The molecule has 100 valence electrons. The van der Waals surface area contributed by atoms with Crippen LogP contribution >= 0.6 is 0 Å². The van der Waals surface area contributed by atoms with Crippen LogP contribution in [0.5, 0.6) is 0 Å². The lowest BCUT2D eigenvalue weighted by molar-refractivity contribution is 0.600. The van der Waals surface area contributed by atoms with Gasteiger partial charge in [0.2, 0.25) is 0 Å². The van der Waals surface area contributed by atoms with Gasteiger partial charge in [0.15, 0.2) is 0 Å². The van der Waals surface area contributed by atoms with E-state index in [-0.39, 0.29) is 10.6 Å². The van der Waals surface area contributed by atoms with Crippen molar-refractivity contribution < 1.29 is 12.8 Å². The minimum atomic E-state index is -3.81. The standard InChI is InChI=1S/C12H12FN3O2S/c1-8-4-5-15-7-12(8)16-19(17,18)9-2-3-10(13)11(14)6-9/h2-7,16H,14H2,1H3. The van der Waals surface area contributed by atoms with Crippen LogP contribution in [0.3, 0.4) is 0 Å². The summed E-state index contributed by atoms with van der Waals surface area (Å²) in [6.45, 7) is 1.75. The molecule has 1 aromatic carbocycles. The fraction of sp³-hybridized carbons (Fsp3) is 0.0833. The van der Waals surface area contributed by atoms with Crippen molar-refractivity contribution in [2.75, 3.05) is 10.5 Å². The third-order valence-electron chi connectivity index (χ3n) is 2.56. The highest BCUT2D eigenvalue weighted by molar-refractivity contribution is 7.92. The summed E-state index contributed by atoms with van der Waals surface area (Å²) >= 11 is 0. The molecule has 1 heterocycles. The Morgan fingerprint density at radius 3 is 2.68 bits per heavy atom. The number of nitrogens with one attached hydrogen (secondary N) is 1. The third-order valence-corrected chi connectivity index (χ3v) is 3.92. The molecule has 0 unspecified atom stereocenters. The molecular weight excluding hydrogens is 269 g/mol. The van der Waals surface area contributed by atoms with E-state index in [1.807, 2.05) is 0 Å². The van der Waals surface area contributed by atoms with E-state index in [0.29, 0.717) is 5.69 Å². The van der Waals surface area contributed by atoms with Crippen LogP contribution in [0.4, 0.5) is 15.8 Å². The normalized spacial score (nSPS) is 11.3. The first-order valence-electron chi connectivity index (χ1n) is 5.38. The minimum absolute atomic E-state index is 0.102. The van der Waals surface area contributed by atoms with Crippen molar-refractivity contribution in [2.24, 2.45) is 0 Å². The lowest BCUT2D eigenvalue weighted by atomic mass is 10.3. The largest absolute Gasteiger partial charge is 0.396 e. The summed E-state index contributed by atoms with van der Waals surface area (Å²) in [5, 5.41) is 0. The van der Waals surface area contributed by atoms with Crippen molar-refractivity contribution >= 4 is 21.4 Å². The van der Waals surface area contributed by atoms with Crippen LogP contribution in [0.1, 0.15) is 5.56 Å². The van der Waals surface area contributed by atoms with Crippen LogP contribution < -0.4 is 10.5 Å². The highest BCUT2D eigenvalue weighted by atomic mass is 32.2. The highest BCUT2D eigenvalue weighted by Crippen LogP contribution is 2.21. The Labute approximate surface area is 110 Å². The van der Waals surface area contributed by atoms with Crippen LogP contribution in [0.25, 0.3) is 0 Å². The van der Waals surface area contributed by atoms with E-state index in [9.17, 15) is 12.8 Å². The van der Waals surface area contributed by atoms with Crippen LogP contribution in [-0.4, -0.2) is 13.4 Å². The fourth-order valence-electron chi connectivity index (χ4n) is 1.46. The van der Waals surface area contributed by atoms with Gasteiger partial charge < -0.3 is 5.73 Å². The maximum atomic E-state index is 13.0. The quantitative estimate of drug-likeness (QED) is 0.842. The van der Waals surface area contributed by atoms with Crippen molar-refractivity contribution in [1.82, 2.24) is 4.98 Å². The maximum absolute atomic E-state index is 13.0. The number of hydrogen-bond donors (Lipinski definition) is 2. The molecule has 2 rings (SSSR count). The summed E-state index contributed by atoms with van der Waals surface area (Å²) in [5.74, 6) is -0.656. The first-order chi connectivity index (χ1) is 8.90. The maximum Gasteiger partial charge on any atom is 0.262 e. The van der Waals surface area contributed by atoms with Gasteiger partial charge >= 0.3 is 0 Å². The van der Waals surface area contributed by atoms with Gasteiger partial charge in [-0.05, 0) is 36.8 Å². The number of hydrogen-bond acceptors (Lipinski definition) is 4. The summed E-state index contributed by atoms with van der Waals surface area (Å²) in [4.78, 5) is 3.74. The van der Waals surface area contributed by atoms with Gasteiger partial charge in [0.05, 0.1) is 22.5 Å². The van der Waals surface area contributed by atoms with Crippen LogP contribution in [-0.2, 0) is 10.0 Å². The van der Waals surface area contributed by atoms with E-state index in [0.717, 1.165) is 23.8 Å². The second-order valence-electron chi connectivity index (χ2n) is 3.98. The van der Waals surface area contributed by atoms with Gasteiger partial charge in [-0.15, -0.1) is 0 Å². The summed E-state index contributed by atoms with van der Waals surface area (Å²) in [5.41, 5.74) is 6.24. The summed E-state index contributed by atoms with van der Waals surface area (Å²) in [6.07, 6.45) is 2.96. The average molecular weight is 281 g/mol. The Morgan fingerprint density at radius 2 is 2.05 bits per heavy atom. The molecule has 0 spiro atoms. The van der Waals surface area contributed by atoms with Gasteiger partial charge in [0.25, 0.3) is 10.0 Å². The molecule has 0 amide bonds. The number of nitrogens with zero attached hydrogens (tertiary/aromatic N) is 1. The van der Waals surface area contributed by atoms with Gasteiger partial charge in [-0.3, -0.25) is 9.71 Å². The number of pyridine rings is 1. The van der Waals surface area contributed by atoms with Crippen molar-refractivity contribution in [2.45, 2.75) is 11.8 Å². The van der Waals surface area contributed by atoms with Gasteiger partial charge in [-0.1, -0.05) is 0 Å². The monoisotopic (exact) mass is 281 g/mol. The molecule has 2 aromatic rings. The molecule has 0 aliphatic rings. The van der Waals surface area contributed by atoms with Gasteiger partial charge in [0.1, 0.15) is 5.82 Å². The zero-order valence-corrected chi connectivity index (χ0v) is 10.9. The van der Waals surface area contributed by atoms with E-state index in [1.165, 1.54) is 6.20 Å². The Hall–Kier alpha value is -2.15. The van der Waals surface area contributed by atoms with Crippen LogP contribution in [0.15, 0.2) is 41.6 Å². The second-order valence-corrected chi connectivity index (χ2v) is 5.66. The molecule has 5 nitrogen and oxygen atoms in total. The van der Waals surface area contributed by atoms with Crippen molar-refractivity contribution in [1.29, 1.82) is 0 Å². The zero-order valence-electron chi connectivity index (χ0n) is 10.1. The minimum Gasteiger partial charge on any atom is -0.396 e. The van der Waals surface area contributed by atoms with Crippen LogP contribution in [0, 0.1) is 12.7 Å². The van der Waals surface area contributed by atoms with E-state index >= 15 is 0 Å². The third kappa shape index (κ3) is 2.82. The average Bonchev–Trinajstić information content (AvgIpc) is 2.35. The molecule has 0 bridgehead atoms. The van der Waals surface area contributed by atoms with Gasteiger partial charge in [-0.25, -0.2) is 12.8 Å². The molecule has 0 radical (unpaired) electrons.